The van der Waals surface area contributed by atoms with Gasteiger partial charge in [-0.15, -0.1) is 0 Å². The van der Waals surface area contributed by atoms with Crippen LogP contribution in [0.4, 0.5) is 0 Å². The van der Waals surface area contributed by atoms with Crippen LogP contribution < -0.4 is 4.74 Å². The van der Waals surface area contributed by atoms with Crippen molar-refractivity contribution in [3.8, 4) is 5.75 Å². The number of carbonyl (C=O) groups excluding carboxylic acids is 1. The molecular weight excluding hydrogens is 206 g/mol. The first-order chi connectivity index (χ1) is 7.67. The number of carbonyl (C=O) groups is 1. The fourth-order valence-corrected chi connectivity index (χ4v) is 1.16. The van der Waals surface area contributed by atoms with Gasteiger partial charge in [-0.05, 0) is 31.6 Å². The molecule has 86 valence electrons. The summed E-state index contributed by atoms with van der Waals surface area (Å²) in [5.74, 6) is 0.304. The zero-order valence-corrected chi connectivity index (χ0v) is 9.69. The van der Waals surface area contributed by atoms with E-state index in [0.29, 0.717) is 12.4 Å². The standard InChI is InChI=1S/C12H15NO3/c1-4-16-12(14)6-5-10-7-11(15-3)8-13-9(10)2/h5-8H,4H2,1-3H3/b6-5-. The van der Waals surface area contributed by atoms with Crippen LogP contribution in [-0.2, 0) is 9.53 Å². The van der Waals surface area contributed by atoms with E-state index >= 15 is 0 Å². The van der Waals surface area contributed by atoms with Gasteiger partial charge in [0.25, 0.3) is 0 Å². The smallest absolute Gasteiger partial charge is 0.330 e. The minimum atomic E-state index is -0.357. The number of rotatable bonds is 4. The molecule has 0 spiro atoms. The molecule has 0 aliphatic carbocycles. The summed E-state index contributed by atoms with van der Waals surface area (Å²) in [5, 5.41) is 0. The normalized spacial score (nSPS) is 10.4. The van der Waals surface area contributed by atoms with Crippen LogP contribution in [-0.4, -0.2) is 24.7 Å². The fraction of sp³-hybridized carbons (Fsp3) is 0.333. The maximum Gasteiger partial charge on any atom is 0.330 e. The largest absolute Gasteiger partial charge is 0.495 e. The molecule has 4 nitrogen and oxygen atoms in total. The molecule has 0 amide bonds. The van der Waals surface area contributed by atoms with E-state index in [-0.39, 0.29) is 5.97 Å². The molecule has 0 atom stereocenters. The third-order valence-electron chi connectivity index (χ3n) is 2.02. The maximum absolute atomic E-state index is 11.1. The molecule has 0 bridgehead atoms. The summed E-state index contributed by atoms with van der Waals surface area (Å²) in [6.07, 6.45) is 4.69. The zero-order valence-electron chi connectivity index (χ0n) is 9.69. The molecule has 0 unspecified atom stereocenters. The SMILES string of the molecule is CCOC(=O)/C=C\c1cc(OC)cnc1C. The number of methoxy groups -OCH3 is 1. The van der Waals surface area contributed by atoms with Crippen LogP contribution in [0.25, 0.3) is 6.08 Å². The summed E-state index contributed by atoms with van der Waals surface area (Å²) in [6.45, 7) is 4.01. The van der Waals surface area contributed by atoms with Gasteiger partial charge < -0.3 is 9.47 Å². The topological polar surface area (TPSA) is 48.4 Å². The molecule has 16 heavy (non-hydrogen) atoms. The lowest BCUT2D eigenvalue weighted by atomic mass is 10.2. The molecule has 1 aromatic rings. The third kappa shape index (κ3) is 3.38. The number of pyridine rings is 1. The van der Waals surface area contributed by atoms with Gasteiger partial charge in [-0.1, -0.05) is 0 Å². The van der Waals surface area contributed by atoms with E-state index in [0.717, 1.165) is 11.3 Å². The van der Waals surface area contributed by atoms with E-state index in [9.17, 15) is 4.79 Å². The Morgan fingerprint density at radius 3 is 2.94 bits per heavy atom. The van der Waals surface area contributed by atoms with E-state index in [1.807, 2.05) is 13.0 Å². The Kier molecular flexibility index (Phi) is 4.51. The minimum absolute atomic E-state index is 0.357. The van der Waals surface area contributed by atoms with Gasteiger partial charge in [-0.25, -0.2) is 4.79 Å². The third-order valence-corrected chi connectivity index (χ3v) is 2.02. The van der Waals surface area contributed by atoms with Crippen LogP contribution in [0.1, 0.15) is 18.2 Å². The summed E-state index contributed by atoms with van der Waals surface area (Å²) in [4.78, 5) is 15.3. The number of hydrogen-bond acceptors (Lipinski definition) is 4. The maximum atomic E-state index is 11.1. The van der Waals surface area contributed by atoms with Crippen molar-refractivity contribution in [3.63, 3.8) is 0 Å². The number of aromatic nitrogens is 1. The Bertz CT molecular complexity index is 399. The lowest BCUT2D eigenvalue weighted by Gasteiger charge is -2.03. The Hall–Kier alpha value is -1.84. The molecule has 0 aromatic carbocycles. The van der Waals surface area contributed by atoms with Gasteiger partial charge in [0.1, 0.15) is 5.75 Å². The van der Waals surface area contributed by atoms with Gasteiger partial charge >= 0.3 is 5.97 Å². The molecule has 0 saturated carbocycles. The molecule has 0 fully saturated rings. The van der Waals surface area contributed by atoms with Crippen LogP contribution >= 0.6 is 0 Å². The average Bonchev–Trinajstić information content (AvgIpc) is 2.28. The predicted octanol–water partition coefficient (Wildman–Crippen LogP) is 1.97. The van der Waals surface area contributed by atoms with Crippen LogP contribution in [0.15, 0.2) is 18.3 Å². The molecule has 1 heterocycles. The Morgan fingerprint density at radius 1 is 1.56 bits per heavy atom. The first-order valence-corrected chi connectivity index (χ1v) is 5.02. The molecule has 0 aliphatic heterocycles. The summed E-state index contributed by atoms with van der Waals surface area (Å²) in [7, 11) is 1.57. The zero-order chi connectivity index (χ0) is 12.0. The number of nitrogens with zero attached hydrogens (tertiary/aromatic N) is 1. The molecule has 4 heteroatoms. The van der Waals surface area contributed by atoms with Gasteiger partial charge in [0.05, 0.1) is 19.9 Å². The molecule has 1 aromatic heterocycles. The number of esters is 1. The van der Waals surface area contributed by atoms with Crippen molar-refractivity contribution >= 4 is 12.0 Å². The Labute approximate surface area is 94.9 Å². The number of aryl methyl sites for hydroxylation is 1. The summed E-state index contributed by atoms with van der Waals surface area (Å²) in [5.41, 5.74) is 1.67. The fourth-order valence-electron chi connectivity index (χ4n) is 1.16. The van der Waals surface area contributed by atoms with Gasteiger partial charge in [0.15, 0.2) is 0 Å². The minimum Gasteiger partial charge on any atom is -0.495 e. The van der Waals surface area contributed by atoms with E-state index in [1.165, 1.54) is 6.08 Å². The van der Waals surface area contributed by atoms with Gasteiger partial charge in [0, 0.05) is 11.8 Å². The van der Waals surface area contributed by atoms with Crippen molar-refractivity contribution in [3.05, 3.63) is 29.6 Å². The van der Waals surface area contributed by atoms with Gasteiger partial charge in [-0.2, -0.15) is 0 Å². The average molecular weight is 221 g/mol. The van der Waals surface area contributed by atoms with Crippen LogP contribution in [0.5, 0.6) is 5.75 Å². The number of hydrogen-bond donors (Lipinski definition) is 0. The van der Waals surface area contributed by atoms with Gasteiger partial charge in [0.2, 0.25) is 0 Å². The second-order valence-corrected chi connectivity index (χ2v) is 3.14. The van der Waals surface area contributed by atoms with E-state index in [2.05, 4.69) is 4.98 Å². The van der Waals surface area contributed by atoms with Crippen LogP contribution in [0, 0.1) is 6.92 Å². The lowest BCUT2D eigenvalue weighted by molar-refractivity contribution is -0.137. The van der Waals surface area contributed by atoms with Crippen molar-refractivity contribution in [1.82, 2.24) is 4.98 Å². The quantitative estimate of drug-likeness (QED) is 0.576. The summed E-state index contributed by atoms with van der Waals surface area (Å²) in [6, 6.07) is 1.82. The van der Waals surface area contributed by atoms with Crippen molar-refractivity contribution in [2.45, 2.75) is 13.8 Å². The molecular formula is C12H15NO3. The van der Waals surface area contributed by atoms with Crippen molar-refractivity contribution in [2.24, 2.45) is 0 Å². The second kappa shape index (κ2) is 5.90. The lowest BCUT2D eigenvalue weighted by Crippen LogP contribution is -1.99. The molecule has 0 saturated heterocycles. The first kappa shape index (κ1) is 12.2. The van der Waals surface area contributed by atoms with Crippen molar-refractivity contribution in [2.75, 3.05) is 13.7 Å². The highest BCUT2D eigenvalue weighted by Crippen LogP contribution is 2.15. The van der Waals surface area contributed by atoms with E-state index < -0.39 is 0 Å². The summed E-state index contributed by atoms with van der Waals surface area (Å²) >= 11 is 0. The van der Waals surface area contributed by atoms with Crippen LogP contribution in [0.3, 0.4) is 0 Å². The number of ether oxygens (including phenoxy) is 2. The molecule has 0 N–H and O–H groups in total. The van der Waals surface area contributed by atoms with E-state index in [4.69, 9.17) is 9.47 Å². The Morgan fingerprint density at radius 2 is 2.31 bits per heavy atom. The monoisotopic (exact) mass is 221 g/mol. The summed E-state index contributed by atoms with van der Waals surface area (Å²) < 4.78 is 9.83. The van der Waals surface area contributed by atoms with Crippen LogP contribution in [0.2, 0.25) is 0 Å². The highest BCUT2D eigenvalue weighted by molar-refractivity contribution is 5.87. The predicted molar refractivity (Wildman–Crippen MR) is 61.2 cm³/mol. The van der Waals surface area contributed by atoms with Crippen molar-refractivity contribution < 1.29 is 14.3 Å². The Balaban J connectivity index is 2.83. The first-order valence-electron chi connectivity index (χ1n) is 5.02. The second-order valence-electron chi connectivity index (χ2n) is 3.14. The molecule has 0 aliphatic rings. The highest BCUT2D eigenvalue weighted by atomic mass is 16.5. The molecule has 0 radical (unpaired) electrons. The molecule has 1 rings (SSSR count). The van der Waals surface area contributed by atoms with Gasteiger partial charge in [-0.3, -0.25) is 4.98 Å². The van der Waals surface area contributed by atoms with Crippen molar-refractivity contribution in [1.29, 1.82) is 0 Å². The highest BCUT2D eigenvalue weighted by Gasteiger charge is 2.00. The van der Waals surface area contributed by atoms with E-state index in [1.54, 1.807) is 26.3 Å².